The summed E-state index contributed by atoms with van der Waals surface area (Å²) < 4.78 is 0. The maximum Gasteiger partial charge on any atom is 0.0462 e. The first-order chi connectivity index (χ1) is 24.8. The molecule has 0 spiro atoms. The summed E-state index contributed by atoms with van der Waals surface area (Å²) in [6, 6.07) is 66.8. The van der Waals surface area contributed by atoms with Gasteiger partial charge in [0.05, 0.1) is 0 Å². The monoisotopic (exact) mass is 641 g/mol. The molecule has 9 rings (SSSR count). The van der Waals surface area contributed by atoms with Gasteiger partial charge in [0, 0.05) is 17.1 Å². The van der Waals surface area contributed by atoms with Crippen molar-refractivity contribution in [2.24, 2.45) is 0 Å². The SMILES string of the molecule is c1ccc2c(-c3ccc(N(c4ccc(-c5ccc(C6CCCC6)cc5)cc4)c4ccc(-c5cccc6ccccc56)cc4)cc3)cccc2c1. The highest BCUT2D eigenvalue weighted by Crippen LogP contribution is 2.40. The van der Waals surface area contributed by atoms with Crippen LogP contribution in [-0.2, 0) is 0 Å². The van der Waals surface area contributed by atoms with Crippen molar-refractivity contribution in [3.05, 3.63) is 188 Å². The normalized spacial score (nSPS) is 13.2. The lowest BCUT2D eigenvalue weighted by atomic mass is 9.95. The summed E-state index contributed by atoms with van der Waals surface area (Å²) in [6.45, 7) is 0. The van der Waals surface area contributed by atoms with Crippen LogP contribution in [0, 0.1) is 0 Å². The Balaban J connectivity index is 1.08. The zero-order chi connectivity index (χ0) is 33.3. The highest BCUT2D eigenvalue weighted by molar-refractivity contribution is 5.98. The molecule has 1 nitrogen and oxygen atoms in total. The first-order valence-electron chi connectivity index (χ1n) is 18.0. The van der Waals surface area contributed by atoms with Crippen LogP contribution in [0.15, 0.2) is 182 Å². The maximum absolute atomic E-state index is 2.37. The van der Waals surface area contributed by atoms with E-state index in [0.29, 0.717) is 0 Å². The van der Waals surface area contributed by atoms with Gasteiger partial charge in [-0.15, -0.1) is 0 Å². The molecule has 0 aliphatic heterocycles. The minimum absolute atomic E-state index is 0.735. The van der Waals surface area contributed by atoms with E-state index < -0.39 is 0 Å². The number of nitrogens with zero attached hydrogens (tertiary/aromatic N) is 1. The highest BCUT2D eigenvalue weighted by atomic mass is 15.1. The average molecular weight is 642 g/mol. The minimum atomic E-state index is 0.735. The van der Waals surface area contributed by atoms with E-state index in [2.05, 4.69) is 187 Å². The molecule has 0 unspecified atom stereocenters. The van der Waals surface area contributed by atoms with E-state index in [9.17, 15) is 0 Å². The summed E-state index contributed by atoms with van der Waals surface area (Å²) in [5.74, 6) is 0.735. The predicted molar refractivity (Wildman–Crippen MR) is 214 cm³/mol. The van der Waals surface area contributed by atoms with Gasteiger partial charge < -0.3 is 4.90 Å². The Labute approximate surface area is 295 Å². The molecule has 0 N–H and O–H groups in total. The van der Waals surface area contributed by atoms with Crippen LogP contribution in [0.3, 0.4) is 0 Å². The molecular weight excluding hydrogens is 603 g/mol. The van der Waals surface area contributed by atoms with Crippen LogP contribution in [0.25, 0.3) is 54.9 Å². The summed E-state index contributed by atoms with van der Waals surface area (Å²) in [6.07, 6.45) is 5.38. The van der Waals surface area contributed by atoms with Crippen LogP contribution in [-0.4, -0.2) is 0 Å². The number of fused-ring (bicyclic) bond motifs is 2. The van der Waals surface area contributed by atoms with E-state index in [1.54, 1.807) is 0 Å². The van der Waals surface area contributed by atoms with E-state index in [1.165, 1.54) is 86.2 Å². The lowest BCUT2D eigenvalue weighted by Crippen LogP contribution is -2.09. The van der Waals surface area contributed by atoms with Crippen molar-refractivity contribution in [3.8, 4) is 33.4 Å². The number of rotatable bonds is 7. The molecule has 50 heavy (non-hydrogen) atoms. The van der Waals surface area contributed by atoms with Crippen LogP contribution in [0.2, 0.25) is 0 Å². The van der Waals surface area contributed by atoms with E-state index in [1.807, 2.05) is 0 Å². The summed E-state index contributed by atoms with van der Waals surface area (Å²) in [4.78, 5) is 2.37. The molecule has 0 atom stereocenters. The van der Waals surface area contributed by atoms with Crippen LogP contribution in [0.4, 0.5) is 17.1 Å². The summed E-state index contributed by atoms with van der Waals surface area (Å²) in [7, 11) is 0. The Morgan fingerprint density at radius 2 is 0.720 bits per heavy atom. The first kappa shape index (κ1) is 30.2. The predicted octanol–water partition coefficient (Wildman–Crippen LogP) is 14.1. The smallest absolute Gasteiger partial charge is 0.0462 e. The Hall–Kier alpha value is -5.92. The second kappa shape index (κ2) is 13.2. The Morgan fingerprint density at radius 1 is 0.340 bits per heavy atom. The van der Waals surface area contributed by atoms with Crippen LogP contribution >= 0.6 is 0 Å². The van der Waals surface area contributed by atoms with Gasteiger partial charge >= 0.3 is 0 Å². The van der Waals surface area contributed by atoms with Crippen molar-refractivity contribution in [3.63, 3.8) is 0 Å². The fourth-order valence-electron chi connectivity index (χ4n) is 7.99. The van der Waals surface area contributed by atoms with Crippen molar-refractivity contribution in [1.82, 2.24) is 0 Å². The quantitative estimate of drug-likeness (QED) is 0.167. The Morgan fingerprint density at radius 3 is 1.18 bits per heavy atom. The number of anilines is 3. The zero-order valence-corrected chi connectivity index (χ0v) is 28.2. The molecule has 0 radical (unpaired) electrons. The third kappa shape index (κ3) is 5.76. The first-order valence-corrected chi connectivity index (χ1v) is 18.0. The molecule has 0 saturated heterocycles. The van der Waals surface area contributed by atoms with Crippen molar-refractivity contribution in [2.45, 2.75) is 31.6 Å². The van der Waals surface area contributed by atoms with Gasteiger partial charge in [0.2, 0.25) is 0 Å². The number of benzene rings is 8. The average Bonchev–Trinajstić information content (AvgIpc) is 3.74. The van der Waals surface area contributed by atoms with E-state index in [0.717, 1.165) is 23.0 Å². The molecule has 0 bridgehead atoms. The van der Waals surface area contributed by atoms with Gasteiger partial charge in [0.1, 0.15) is 0 Å². The number of hydrogen-bond donors (Lipinski definition) is 0. The zero-order valence-electron chi connectivity index (χ0n) is 28.2. The second-order valence-electron chi connectivity index (χ2n) is 13.6. The molecule has 1 aliphatic carbocycles. The summed E-state index contributed by atoms with van der Waals surface area (Å²) >= 11 is 0. The van der Waals surface area contributed by atoms with Crippen molar-refractivity contribution < 1.29 is 0 Å². The molecule has 8 aromatic carbocycles. The highest BCUT2D eigenvalue weighted by Gasteiger charge is 2.18. The molecule has 0 aromatic heterocycles. The topological polar surface area (TPSA) is 3.24 Å². The molecule has 1 saturated carbocycles. The molecule has 1 aliphatic rings. The van der Waals surface area contributed by atoms with Gasteiger partial charge in [-0.05, 0) is 116 Å². The van der Waals surface area contributed by atoms with Gasteiger partial charge in [-0.1, -0.05) is 158 Å². The van der Waals surface area contributed by atoms with Gasteiger partial charge in [0.15, 0.2) is 0 Å². The molecule has 1 heteroatoms. The van der Waals surface area contributed by atoms with Gasteiger partial charge in [-0.3, -0.25) is 0 Å². The third-order valence-electron chi connectivity index (χ3n) is 10.6. The number of hydrogen-bond acceptors (Lipinski definition) is 1. The lowest BCUT2D eigenvalue weighted by molar-refractivity contribution is 0.723. The Bertz CT molecular complexity index is 2260. The van der Waals surface area contributed by atoms with E-state index in [-0.39, 0.29) is 0 Å². The third-order valence-corrected chi connectivity index (χ3v) is 10.6. The van der Waals surface area contributed by atoms with Crippen LogP contribution < -0.4 is 4.90 Å². The molecule has 0 amide bonds. The fraction of sp³-hybridized carbons (Fsp3) is 0.102. The van der Waals surface area contributed by atoms with E-state index >= 15 is 0 Å². The molecule has 1 fully saturated rings. The van der Waals surface area contributed by atoms with Crippen LogP contribution in [0.1, 0.15) is 37.2 Å². The van der Waals surface area contributed by atoms with Crippen LogP contribution in [0.5, 0.6) is 0 Å². The van der Waals surface area contributed by atoms with Gasteiger partial charge in [-0.25, -0.2) is 0 Å². The summed E-state index contributed by atoms with van der Waals surface area (Å²) in [5, 5.41) is 5.07. The fourth-order valence-corrected chi connectivity index (χ4v) is 7.99. The van der Waals surface area contributed by atoms with Crippen molar-refractivity contribution >= 4 is 38.6 Å². The standard InChI is InChI=1S/C49H39N/c1-2-10-35(9-1)36-19-21-37(22-20-36)38-23-29-43(30-24-38)50(44-31-25-41(26-32-44)48-17-7-13-39-11-3-5-15-46(39)48)45-33-27-42(28-34-45)49-18-8-14-40-12-4-6-16-47(40)49/h3-8,11-35H,1-2,9-10H2. The molecule has 0 heterocycles. The minimum Gasteiger partial charge on any atom is -0.311 e. The molecule has 240 valence electrons. The maximum atomic E-state index is 2.37. The van der Waals surface area contributed by atoms with E-state index in [4.69, 9.17) is 0 Å². The lowest BCUT2D eigenvalue weighted by Gasteiger charge is -2.26. The largest absolute Gasteiger partial charge is 0.311 e. The Kier molecular flexibility index (Phi) is 7.95. The van der Waals surface area contributed by atoms with Crippen molar-refractivity contribution in [1.29, 1.82) is 0 Å². The van der Waals surface area contributed by atoms with Gasteiger partial charge in [0.25, 0.3) is 0 Å². The molecular formula is C49H39N. The van der Waals surface area contributed by atoms with Crippen molar-refractivity contribution in [2.75, 3.05) is 4.90 Å². The van der Waals surface area contributed by atoms with Gasteiger partial charge in [-0.2, -0.15) is 0 Å². The summed E-state index contributed by atoms with van der Waals surface area (Å²) in [5.41, 5.74) is 12.3. The second-order valence-corrected chi connectivity index (χ2v) is 13.6. The molecule has 8 aromatic rings.